The van der Waals surface area contributed by atoms with Crippen LogP contribution in [0.1, 0.15) is 48.4 Å². The maximum Gasteiger partial charge on any atom is 0.271 e. The number of hydrogen-bond acceptors (Lipinski definition) is 9. The Morgan fingerprint density at radius 1 is 1.07 bits per heavy atom. The number of hydrogen-bond donors (Lipinski definition) is 0. The second kappa shape index (κ2) is 12.1. The Morgan fingerprint density at radius 3 is 2.51 bits per heavy atom. The second-order valence-electron chi connectivity index (χ2n) is 11.2. The van der Waals surface area contributed by atoms with Crippen LogP contribution in [0.4, 0.5) is 5.69 Å². The van der Waals surface area contributed by atoms with Gasteiger partial charge in [0.2, 0.25) is 5.89 Å². The first-order chi connectivity index (χ1) is 21.7. The van der Waals surface area contributed by atoms with E-state index in [1.807, 2.05) is 30.1 Å². The first-order valence-corrected chi connectivity index (χ1v) is 16.5. The summed E-state index contributed by atoms with van der Waals surface area (Å²) in [6.07, 6.45) is 4.45. The Labute approximate surface area is 268 Å². The summed E-state index contributed by atoms with van der Waals surface area (Å²) in [5.74, 6) is 0.733. The zero-order valence-corrected chi connectivity index (χ0v) is 27.1. The van der Waals surface area contributed by atoms with Gasteiger partial charge >= 0.3 is 0 Å². The molecule has 2 atom stereocenters. The molecule has 1 unspecified atom stereocenters. The van der Waals surface area contributed by atoms with Gasteiger partial charge in [-0.15, -0.1) is 0 Å². The molecule has 0 N–H and O–H groups in total. The first kappa shape index (κ1) is 31.1. The fourth-order valence-electron chi connectivity index (χ4n) is 6.51. The largest absolute Gasteiger partial charge is 0.497 e. The molecular weight excluding hydrogens is 616 g/mol. The predicted molar refractivity (Wildman–Crippen MR) is 170 cm³/mol. The van der Waals surface area contributed by atoms with Gasteiger partial charge in [-0.05, 0) is 80.5 Å². The molecule has 1 saturated heterocycles. The summed E-state index contributed by atoms with van der Waals surface area (Å²) >= 11 is 6.63. The Kier molecular flexibility index (Phi) is 8.38. The van der Waals surface area contributed by atoms with Crippen molar-refractivity contribution < 1.29 is 27.1 Å². The van der Waals surface area contributed by atoms with Gasteiger partial charge in [-0.2, -0.15) is 0 Å². The van der Waals surface area contributed by atoms with Gasteiger partial charge in [0.15, 0.2) is 5.54 Å². The number of anilines is 1. The molecule has 0 aliphatic carbocycles. The third-order valence-corrected chi connectivity index (χ3v) is 10.7. The number of carbonyl (C=O) groups excluding carboxylic acids is 1. The minimum atomic E-state index is -4.39. The lowest BCUT2D eigenvalue weighted by Crippen LogP contribution is -2.54. The number of oxazole rings is 1. The summed E-state index contributed by atoms with van der Waals surface area (Å²) in [5, 5.41) is 0.363. The van der Waals surface area contributed by atoms with E-state index in [0.29, 0.717) is 53.0 Å². The molecule has 2 aliphatic heterocycles. The lowest BCUT2D eigenvalue weighted by molar-refractivity contribution is -0.127. The molecule has 1 fully saturated rings. The van der Waals surface area contributed by atoms with E-state index in [1.54, 1.807) is 43.6 Å². The van der Waals surface area contributed by atoms with Gasteiger partial charge in [0.25, 0.3) is 15.9 Å². The van der Waals surface area contributed by atoms with Gasteiger partial charge in [-0.1, -0.05) is 30.7 Å². The average molecular weight is 651 g/mol. The smallest absolute Gasteiger partial charge is 0.271 e. The van der Waals surface area contributed by atoms with Gasteiger partial charge in [-0.3, -0.25) is 9.69 Å². The average Bonchev–Trinajstić information content (AvgIpc) is 3.80. The number of amides is 1. The maximum absolute atomic E-state index is 15.3. The van der Waals surface area contributed by atoms with E-state index < -0.39 is 27.5 Å². The van der Waals surface area contributed by atoms with Crippen molar-refractivity contribution in [3.63, 3.8) is 0 Å². The highest BCUT2D eigenvalue weighted by atomic mass is 35.5. The molecule has 0 saturated carbocycles. The van der Waals surface area contributed by atoms with Gasteiger partial charge in [0.1, 0.15) is 17.8 Å². The topological polar surface area (TPSA) is 105 Å². The number of halogens is 1. The summed E-state index contributed by atoms with van der Waals surface area (Å²) in [4.78, 5) is 23.9. The van der Waals surface area contributed by atoms with Gasteiger partial charge in [0.05, 0.1) is 37.0 Å². The number of rotatable bonds is 10. The van der Waals surface area contributed by atoms with Gasteiger partial charge in [0, 0.05) is 29.2 Å². The lowest BCUT2D eigenvalue weighted by Gasteiger charge is -2.41. The van der Waals surface area contributed by atoms with Crippen LogP contribution >= 0.6 is 11.6 Å². The Hall–Kier alpha value is -3.90. The highest BCUT2D eigenvalue weighted by Crippen LogP contribution is 2.56. The van der Waals surface area contributed by atoms with E-state index in [9.17, 15) is 8.42 Å². The molecule has 4 aromatic rings. The highest BCUT2D eigenvalue weighted by molar-refractivity contribution is 7.93. The normalized spacial score (nSPS) is 20.2. The number of fused-ring (bicyclic) bond motifs is 1. The molecule has 2 aliphatic rings. The number of methoxy groups -OCH3 is 2. The molecule has 10 nitrogen and oxygen atoms in total. The van der Waals surface area contributed by atoms with Crippen LogP contribution in [-0.4, -0.2) is 63.5 Å². The number of ether oxygens (including phenoxy) is 2. The third-order valence-electron chi connectivity index (χ3n) is 8.73. The molecule has 0 spiro atoms. The van der Waals surface area contributed by atoms with Crippen molar-refractivity contribution >= 4 is 33.2 Å². The summed E-state index contributed by atoms with van der Waals surface area (Å²) in [6.45, 7) is 4.05. The van der Waals surface area contributed by atoms with Crippen molar-refractivity contribution in [1.82, 2.24) is 14.8 Å². The molecule has 3 aromatic carbocycles. The minimum absolute atomic E-state index is 0.0519. The fourth-order valence-corrected chi connectivity index (χ4v) is 8.14. The molecule has 45 heavy (non-hydrogen) atoms. The van der Waals surface area contributed by atoms with Crippen molar-refractivity contribution in [1.29, 1.82) is 0 Å². The van der Waals surface area contributed by atoms with Crippen LogP contribution in [0.3, 0.4) is 0 Å². The Bertz CT molecular complexity index is 1820. The molecule has 0 radical (unpaired) electrons. The van der Waals surface area contributed by atoms with Crippen molar-refractivity contribution in [2.24, 2.45) is 0 Å². The highest BCUT2D eigenvalue weighted by Gasteiger charge is 2.62. The number of nitrogens with zero attached hydrogens (tertiary/aromatic N) is 4. The molecular formula is C33H35ClN4O6S. The Morgan fingerprint density at radius 2 is 1.84 bits per heavy atom. The van der Waals surface area contributed by atoms with Crippen molar-refractivity contribution in [2.75, 3.05) is 38.7 Å². The van der Waals surface area contributed by atoms with E-state index in [2.05, 4.69) is 16.8 Å². The summed E-state index contributed by atoms with van der Waals surface area (Å²) in [7, 11) is 0.684. The van der Waals surface area contributed by atoms with Crippen molar-refractivity contribution in [3.05, 3.63) is 101 Å². The molecule has 3 heterocycles. The second-order valence-corrected chi connectivity index (χ2v) is 13.4. The Balaban J connectivity index is 1.63. The molecule has 6 rings (SSSR count). The van der Waals surface area contributed by atoms with Crippen molar-refractivity contribution in [3.8, 4) is 11.5 Å². The van der Waals surface area contributed by atoms with Crippen LogP contribution in [0.15, 0.2) is 82.4 Å². The number of aromatic nitrogens is 1. The fraction of sp³-hybridized carbons (Fsp3) is 0.333. The van der Waals surface area contributed by atoms with E-state index >= 15 is 4.79 Å². The molecule has 1 amide bonds. The van der Waals surface area contributed by atoms with Crippen LogP contribution in [-0.2, 0) is 26.9 Å². The van der Waals surface area contributed by atoms with Crippen LogP contribution in [0.2, 0.25) is 5.02 Å². The maximum atomic E-state index is 15.3. The quantitative estimate of drug-likeness (QED) is 0.216. The van der Waals surface area contributed by atoms with E-state index in [1.165, 1.54) is 25.5 Å². The molecule has 12 heteroatoms. The zero-order valence-electron chi connectivity index (χ0n) is 25.6. The van der Waals surface area contributed by atoms with Crippen LogP contribution < -0.4 is 13.8 Å². The third kappa shape index (κ3) is 5.07. The van der Waals surface area contributed by atoms with Gasteiger partial charge < -0.3 is 18.8 Å². The monoisotopic (exact) mass is 650 g/mol. The molecule has 1 aromatic heterocycles. The predicted octanol–water partition coefficient (Wildman–Crippen LogP) is 5.61. The first-order valence-electron chi connectivity index (χ1n) is 14.7. The van der Waals surface area contributed by atoms with E-state index in [4.69, 9.17) is 25.5 Å². The van der Waals surface area contributed by atoms with Crippen LogP contribution in [0.5, 0.6) is 11.5 Å². The lowest BCUT2D eigenvalue weighted by atomic mass is 9.80. The summed E-state index contributed by atoms with van der Waals surface area (Å²) in [5.41, 5.74) is 0.505. The molecule has 236 valence electrons. The molecule has 0 bridgehead atoms. The van der Waals surface area contributed by atoms with E-state index in [0.717, 1.165) is 22.8 Å². The zero-order chi connectivity index (χ0) is 31.9. The number of sulfonamides is 1. The van der Waals surface area contributed by atoms with E-state index in [-0.39, 0.29) is 10.6 Å². The van der Waals surface area contributed by atoms with Crippen molar-refractivity contribution in [2.45, 2.75) is 42.8 Å². The van der Waals surface area contributed by atoms with Gasteiger partial charge in [-0.25, -0.2) is 17.7 Å². The number of benzene rings is 3. The number of carbonyl (C=O) groups is 1. The standard InChI is InChI=1S/C33H35ClN4O6S/c1-5-36(2)21-22-8-14-26(30(19-22)43-4)33(37-17-6-7-29(37)31-35-16-18-44-31)27-20-23(34)9-15-28(27)38(32(33)39)45(40,41)25-12-10-24(42-3)11-13-25/h8-16,18-20,29H,5-7,17,21H2,1-4H3/t29-,33?/m0/s1. The van der Waals surface area contributed by atoms with Crippen LogP contribution in [0, 0.1) is 0 Å². The minimum Gasteiger partial charge on any atom is -0.497 e. The number of likely N-dealkylation sites (tertiary alicyclic amines) is 1. The van der Waals surface area contributed by atoms with Crippen LogP contribution in [0.25, 0.3) is 0 Å². The summed E-state index contributed by atoms with van der Waals surface area (Å²) < 4.78 is 46.8. The summed E-state index contributed by atoms with van der Waals surface area (Å²) in [6, 6.07) is 16.2. The SMILES string of the molecule is CCN(C)Cc1ccc(C2(N3CCC[C@H]3c3ncco3)C(=O)N(S(=O)(=O)c3ccc(OC)cc3)c3ccc(Cl)cc32)c(OC)c1.